The number of aryl methyl sites for hydroxylation is 2. The van der Waals surface area contributed by atoms with Gasteiger partial charge in [0.15, 0.2) is 0 Å². The van der Waals surface area contributed by atoms with Crippen molar-refractivity contribution in [1.29, 1.82) is 0 Å². The van der Waals surface area contributed by atoms with Gasteiger partial charge in [0.1, 0.15) is 5.75 Å². The molecule has 1 amide bonds. The van der Waals surface area contributed by atoms with Crippen LogP contribution < -0.4 is 10.1 Å². The van der Waals surface area contributed by atoms with Crippen molar-refractivity contribution >= 4 is 17.0 Å². The van der Waals surface area contributed by atoms with Gasteiger partial charge >= 0.3 is 0 Å². The number of methoxy groups -OCH3 is 1. The number of rotatable bonds is 6. The van der Waals surface area contributed by atoms with E-state index in [1.165, 1.54) is 12.8 Å². The summed E-state index contributed by atoms with van der Waals surface area (Å²) in [4.78, 5) is 20.0. The summed E-state index contributed by atoms with van der Waals surface area (Å²) in [7, 11) is 1.65. The largest absolute Gasteiger partial charge is 0.497 e. The van der Waals surface area contributed by atoms with Crippen molar-refractivity contribution in [2.24, 2.45) is 0 Å². The second-order valence-electron chi connectivity index (χ2n) is 7.57. The van der Waals surface area contributed by atoms with E-state index >= 15 is 0 Å². The first-order valence-corrected chi connectivity index (χ1v) is 9.96. The minimum atomic E-state index is -0.146. The predicted octanol–water partition coefficient (Wildman–Crippen LogP) is 3.42. The third-order valence-corrected chi connectivity index (χ3v) is 5.45. The third kappa shape index (κ3) is 4.10. The predicted molar refractivity (Wildman–Crippen MR) is 110 cm³/mol. The molecule has 3 aromatic rings. The van der Waals surface area contributed by atoms with Crippen molar-refractivity contribution in [2.45, 2.75) is 32.7 Å². The zero-order chi connectivity index (χ0) is 20.4. The molecule has 1 aliphatic rings. The Balaban J connectivity index is 1.64. The first-order valence-electron chi connectivity index (χ1n) is 9.96. The van der Waals surface area contributed by atoms with Crippen LogP contribution in [0.2, 0.25) is 0 Å². The highest BCUT2D eigenvalue weighted by atomic mass is 16.5. The van der Waals surface area contributed by atoms with Gasteiger partial charge in [0.25, 0.3) is 11.6 Å². The smallest absolute Gasteiger partial charge is 0.258 e. The Morgan fingerprint density at radius 2 is 1.97 bits per heavy atom. The van der Waals surface area contributed by atoms with Crippen molar-refractivity contribution in [3.05, 3.63) is 52.8 Å². The topological polar surface area (TPSA) is 80.5 Å². The Morgan fingerprint density at radius 1 is 1.24 bits per heavy atom. The Kier molecular flexibility index (Phi) is 5.49. The van der Waals surface area contributed by atoms with Crippen molar-refractivity contribution in [3.8, 4) is 5.75 Å². The third-order valence-electron chi connectivity index (χ3n) is 5.45. The van der Waals surface area contributed by atoms with Gasteiger partial charge in [-0.3, -0.25) is 4.79 Å². The van der Waals surface area contributed by atoms with Crippen LogP contribution >= 0.6 is 0 Å². The molecule has 2 aromatic heterocycles. The number of likely N-dealkylation sites (tertiary alicyclic amines) is 1. The average Bonchev–Trinajstić information content (AvgIpc) is 3.37. The highest BCUT2D eigenvalue weighted by Gasteiger charge is 2.24. The maximum atomic E-state index is 13.3. The Morgan fingerprint density at radius 3 is 2.66 bits per heavy atom. The van der Waals surface area contributed by atoms with E-state index in [9.17, 15) is 4.79 Å². The van der Waals surface area contributed by atoms with Crippen LogP contribution in [0.25, 0.3) is 11.1 Å². The van der Waals surface area contributed by atoms with E-state index in [0.29, 0.717) is 22.4 Å². The van der Waals surface area contributed by atoms with Gasteiger partial charge in [0.05, 0.1) is 29.8 Å². The normalized spacial score (nSPS) is 15.6. The summed E-state index contributed by atoms with van der Waals surface area (Å²) < 4.78 is 10.6. The van der Waals surface area contributed by atoms with E-state index in [1.54, 1.807) is 13.2 Å². The van der Waals surface area contributed by atoms with Crippen LogP contribution in [0.4, 0.5) is 0 Å². The van der Waals surface area contributed by atoms with Gasteiger partial charge in [0.2, 0.25) is 0 Å². The molecule has 7 heteroatoms. The number of benzene rings is 1. The summed E-state index contributed by atoms with van der Waals surface area (Å²) >= 11 is 0. The van der Waals surface area contributed by atoms with Crippen LogP contribution in [-0.4, -0.2) is 47.7 Å². The number of hydrogen-bond donors (Lipinski definition) is 1. The molecule has 152 valence electrons. The number of ether oxygens (including phenoxy) is 1. The van der Waals surface area contributed by atoms with E-state index in [0.717, 1.165) is 36.6 Å². The van der Waals surface area contributed by atoms with E-state index in [4.69, 9.17) is 9.26 Å². The fourth-order valence-corrected chi connectivity index (χ4v) is 3.93. The van der Waals surface area contributed by atoms with Gasteiger partial charge in [0, 0.05) is 12.2 Å². The molecule has 1 aliphatic heterocycles. The lowest BCUT2D eigenvalue weighted by Gasteiger charge is -2.25. The molecule has 1 N–H and O–H groups in total. The molecule has 29 heavy (non-hydrogen) atoms. The number of nitrogens with zero attached hydrogens (tertiary/aromatic N) is 3. The summed E-state index contributed by atoms with van der Waals surface area (Å²) in [5.41, 5.74) is 3.38. The minimum Gasteiger partial charge on any atom is -0.497 e. The van der Waals surface area contributed by atoms with Crippen LogP contribution in [0.15, 0.2) is 34.9 Å². The summed E-state index contributed by atoms with van der Waals surface area (Å²) in [6.07, 6.45) is 2.40. The number of hydrogen-bond acceptors (Lipinski definition) is 6. The fraction of sp³-hybridized carbons (Fsp3) is 0.409. The van der Waals surface area contributed by atoms with E-state index < -0.39 is 0 Å². The molecule has 7 nitrogen and oxygen atoms in total. The number of carbonyl (C=O) groups is 1. The lowest BCUT2D eigenvalue weighted by Crippen LogP contribution is -2.37. The highest BCUT2D eigenvalue weighted by Crippen LogP contribution is 2.25. The van der Waals surface area contributed by atoms with Crippen molar-refractivity contribution in [1.82, 2.24) is 20.4 Å². The number of aromatic nitrogens is 2. The highest BCUT2D eigenvalue weighted by molar-refractivity contribution is 6.06. The van der Waals surface area contributed by atoms with Gasteiger partial charge in [-0.15, -0.1) is 0 Å². The SMILES string of the molecule is COc1ccc(C(CN2CCCC2)NC(=O)c2cc(C)nc3onc(C)c23)cc1. The fourth-order valence-electron chi connectivity index (χ4n) is 3.93. The summed E-state index contributed by atoms with van der Waals surface area (Å²) in [5, 5.41) is 7.88. The molecule has 0 aliphatic carbocycles. The van der Waals surface area contributed by atoms with E-state index in [1.807, 2.05) is 38.1 Å². The summed E-state index contributed by atoms with van der Waals surface area (Å²) in [6.45, 7) is 6.57. The maximum Gasteiger partial charge on any atom is 0.258 e. The number of amides is 1. The number of fused-ring (bicyclic) bond motifs is 1. The second kappa shape index (κ2) is 8.21. The van der Waals surface area contributed by atoms with Gasteiger partial charge in [-0.05, 0) is 63.5 Å². The zero-order valence-corrected chi connectivity index (χ0v) is 17.1. The molecule has 0 bridgehead atoms. The molecule has 4 rings (SSSR count). The number of nitrogens with one attached hydrogen (secondary N) is 1. The molecule has 0 spiro atoms. The Bertz CT molecular complexity index is 1010. The quantitative estimate of drug-likeness (QED) is 0.690. The lowest BCUT2D eigenvalue weighted by molar-refractivity contribution is 0.0928. The second-order valence-corrected chi connectivity index (χ2v) is 7.57. The molecule has 1 unspecified atom stereocenters. The first-order chi connectivity index (χ1) is 14.0. The molecule has 3 heterocycles. The van der Waals surface area contributed by atoms with E-state index in [2.05, 4.69) is 20.4 Å². The van der Waals surface area contributed by atoms with Crippen LogP contribution in [-0.2, 0) is 0 Å². The monoisotopic (exact) mass is 394 g/mol. The van der Waals surface area contributed by atoms with Crippen LogP contribution in [0.3, 0.4) is 0 Å². The summed E-state index contributed by atoms with van der Waals surface area (Å²) in [5.74, 6) is 0.651. The van der Waals surface area contributed by atoms with Gasteiger partial charge in [-0.1, -0.05) is 17.3 Å². The molecule has 1 atom stereocenters. The van der Waals surface area contributed by atoms with Crippen LogP contribution in [0, 0.1) is 13.8 Å². The molecule has 0 saturated carbocycles. The minimum absolute atomic E-state index is 0.129. The zero-order valence-electron chi connectivity index (χ0n) is 17.1. The molecule has 1 saturated heterocycles. The molecular formula is C22H26N4O3. The van der Waals surface area contributed by atoms with Gasteiger partial charge in [-0.25, -0.2) is 4.98 Å². The number of carbonyl (C=O) groups excluding carboxylic acids is 1. The van der Waals surface area contributed by atoms with Crippen LogP contribution in [0.1, 0.15) is 46.2 Å². The van der Waals surface area contributed by atoms with Gasteiger partial charge < -0.3 is 19.5 Å². The standard InChI is InChI=1S/C22H26N4O3/c1-14-12-18(20-15(2)25-29-22(20)23-14)21(27)24-19(13-26-10-4-5-11-26)16-6-8-17(28-3)9-7-16/h6-9,12,19H,4-5,10-11,13H2,1-3H3,(H,24,27). The molecular weight excluding hydrogens is 368 g/mol. The Hall–Kier alpha value is -2.93. The first kappa shape index (κ1) is 19.4. The van der Waals surface area contributed by atoms with Crippen molar-refractivity contribution in [3.63, 3.8) is 0 Å². The van der Waals surface area contributed by atoms with Crippen molar-refractivity contribution in [2.75, 3.05) is 26.7 Å². The van der Waals surface area contributed by atoms with Crippen molar-refractivity contribution < 1.29 is 14.1 Å². The van der Waals surface area contributed by atoms with Crippen LogP contribution in [0.5, 0.6) is 5.75 Å². The lowest BCUT2D eigenvalue weighted by atomic mass is 10.0. The van der Waals surface area contributed by atoms with Gasteiger partial charge in [-0.2, -0.15) is 0 Å². The Labute approximate surface area is 170 Å². The molecule has 1 fully saturated rings. The molecule has 0 radical (unpaired) electrons. The number of pyridine rings is 1. The summed E-state index contributed by atoms with van der Waals surface area (Å²) in [6, 6.07) is 9.54. The molecule has 1 aromatic carbocycles. The average molecular weight is 394 g/mol. The van der Waals surface area contributed by atoms with E-state index in [-0.39, 0.29) is 11.9 Å². The maximum absolute atomic E-state index is 13.3.